The molecule has 0 aromatic rings. The molecule has 0 aromatic heterocycles. The number of rotatable bonds is 75. The molecule has 17 nitrogen and oxygen atoms in total. The third-order valence-electron chi connectivity index (χ3n) is 16.2. The van der Waals surface area contributed by atoms with Crippen molar-refractivity contribution in [1.82, 2.24) is 0 Å². The molecule has 0 rings (SSSR count). The monoisotopic (exact) mass is 1570 g/mol. The van der Waals surface area contributed by atoms with Gasteiger partial charge in [-0.3, -0.25) is 37.3 Å². The molecule has 0 heterocycles. The minimum atomic E-state index is -5.02. The van der Waals surface area contributed by atoms with E-state index in [0.29, 0.717) is 44.9 Å². The Balaban J connectivity index is 5.59. The summed E-state index contributed by atoms with van der Waals surface area (Å²) in [6.07, 6.45) is 101. The molecule has 0 radical (unpaired) electrons. The van der Waals surface area contributed by atoms with E-state index in [2.05, 4.69) is 198 Å². The Morgan fingerprint density at radius 2 is 0.482 bits per heavy atom. The second-order valence-corrected chi connectivity index (χ2v) is 29.5. The molecule has 0 spiro atoms. The summed E-state index contributed by atoms with van der Waals surface area (Å²) >= 11 is 0. The fourth-order valence-corrected chi connectivity index (χ4v) is 11.5. The van der Waals surface area contributed by atoms with Crippen molar-refractivity contribution in [3.63, 3.8) is 0 Å². The van der Waals surface area contributed by atoms with Crippen LogP contribution in [0.4, 0.5) is 0 Å². The Bertz CT molecular complexity index is 2900. The quantitative estimate of drug-likeness (QED) is 0.0169. The molecule has 0 fully saturated rings. The van der Waals surface area contributed by atoms with Gasteiger partial charge in [0.1, 0.15) is 19.3 Å². The van der Waals surface area contributed by atoms with Gasteiger partial charge in [0.25, 0.3) is 0 Å². The van der Waals surface area contributed by atoms with Gasteiger partial charge >= 0.3 is 39.5 Å². The van der Waals surface area contributed by atoms with Gasteiger partial charge in [0, 0.05) is 25.7 Å². The molecular weight excluding hydrogens is 1430 g/mol. The van der Waals surface area contributed by atoms with Crippen molar-refractivity contribution in [2.24, 2.45) is 0 Å². The predicted molar refractivity (Wildman–Crippen MR) is 454 cm³/mol. The summed E-state index contributed by atoms with van der Waals surface area (Å²) in [4.78, 5) is 73.1. The van der Waals surface area contributed by atoms with Gasteiger partial charge in [-0.15, -0.1) is 0 Å². The number of phosphoric ester groups is 2. The molecule has 0 bridgehead atoms. The van der Waals surface area contributed by atoms with Crippen LogP contribution >= 0.6 is 15.6 Å². The van der Waals surface area contributed by atoms with Crippen molar-refractivity contribution in [3.05, 3.63) is 207 Å². The van der Waals surface area contributed by atoms with Crippen LogP contribution in [0.15, 0.2) is 207 Å². The van der Waals surface area contributed by atoms with Crippen LogP contribution in [0, 0.1) is 0 Å². The van der Waals surface area contributed by atoms with Crippen molar-refractivity contribution in [1.29, 1.82) is 0 Å². The van der Waals surface area contributed by atoms with E-state index >= 15 is 0 Å². The van der Waals surface area contributed by atoms with Crippen molar-refractivity contribution in [2.75, 3.05) is 39.6 Å². The maximum absolute atomic E-state index is 13.1. The highest BCUT2D eigenvalue weighted by Gasteiger charge is 2.30. The summed E-state index contributed by atoms with van der Waals surface area (Å²) in [7, 11) is -10.0. The third-order valence-corrected chi connectivity index (χ3v) is 18.1. The fourth-order valence-electron chi connectivity index (χ4n) is 9.93. The van der Waals surface area contributed by atoms with Crippen LogP contribution in [-0.2, 0) is 65.4 Å². The van der Waals surface area contributed by atoms with Gasteiger partial charge < -0.3 is 33.8 Å². The van der Waals surface area contributed by atoms with Crippen LogP contribution in [0.5, 0.6) is 0 Å². The Labute approximate surface area is 665 Å². The Kier molecular flexibility index (Phi) is 76.0. The number of allylic oxidation sites excluding steroid dienone is 34. The molecule has 110 heavy (non-hydrogen) atoms. The molecule has 0 saturated heterocycles. The van der Waals surface area contributed by atoms with Crippen LogP contribution in [-0.4, -0.2) is 96.7 Å². The average Bonchev–Trinajstić information content (AvgIpc) is 0.906. The Morgan fingerprint density at radius 3 is 0.745 bits per heavy atom. The largest absolute Gasteiger partial charge is 0.472 e. The maximum Gasteiger partial charge on any atom is 0.472 e. The number of phosphoric acid groups is 2. The van der Waals surface area contributed by atoms with Gasteiger partial charge in [-0.2, -0.15) is 0 Å². The number of esters is 4. The van der Waals surface area contributed by atoms with E-state index in [0.717, 1.165) is 128 Å². The summed E-state index contributed by atoms with van der Waals surface area (Å²) in [5.41, 5.74) is 0. The van der Waals surface area contributed by atoms with Crippen LogP contribution in [0.2, 0.25) is 0 Å². The second kappa shape index (κ2) is 80.7. The molecular formula is C91H144O17P2. The molecule has 0 aliphatic heterocycles. The van der Waals surface area contributed by atoms with Crippen LogP contribution in [0.1, 0.15) is 285 Å². The van der Waals surface area contributed by atoms with E-state index in [1.54, 1.807) is 0 Å². The van der Waals surface area contributed by atoms with Crippen LogP contribution in [0.3, 0.4) is 0 Å². The van der Waals surface area contributed by atoms with Crippen molar-refractivity contribution < 1.29 is 80.2 Å². The highest BCUT2D eigenvalue weighted by molar-refractivity contribution is 7.47. The Morgan fingerprint density at radius 1 is 0.264 bits per heavy atom. The van der Waals surface area contributed by atoms with Gasteiger partial charge in [-0.25, -0.2) is 9.13 Å². The van der Waals surface area contributed by atoms with Crippen molar-refractivity contribution in [3.8, 4) is 0 Å². The molecule has 5 atom stereocenters. The van der Waals surface area contributed by atoms with E-state index in [4.69, 9.17) is 37.0 Å². The maximum atomic E-state index is 13.1. The molecule has 0 saturated carbocycles. The zero-order chi connectivity index (χ0) is 80.3. The Hall–Kier alpha value is -6.36. The second-order valence-electron chi connectivity index (χ2n) is 26.6. The summed E-state index contributed by atoms with van der Waals surface area (Å²) in [6, 6.07) is 0. The summed E-state index contributed by atoms with van der Waals surface area (Å²) in [6.45, 7) is 4.42. The summed E-state index contributed by atoms with van der Waals surface area (Å²) in [5, 5.41) is 10.7. The first-order valence-corrected chi connectivity index (χ1v) is 44.3. The zero-order valence-electron chi connectivity index (χ0n) is 67.8. The molecule has 0 aliphatic rings. The topological polar surface area (TPSA) is 237 Å². The number of hydrogen-bond donors (Lipinski definition) is 3. The van der Waals surface area contributed by atoms with Gasteiger partial charge in [0.05, 0.1) is 26.4 Å². The molecule has 0 amide bonds. The molecule has 620 valence electrons. The lowest BCUT2D eigenvalue weighted by molar-refractivity contribution is -0.161. The zero-order valence-corrected chi connectivity index (χ0v) is 69.6. The van der Waals surface area contributed by atoms with Gasteiger partial charge in [-0.05, 0) is 186 Å². The van der Waals surface area contributed by atoms with Gasteiger partial charge in [-0.1, -0.05) is 279 Å². The van der Waals surface area contributed by atoms with E-state index in [-0.39, 0.29) is 25.7 Å². The van der Waals surface area contributed by atoms with Gasteiger partial charge in [0.15, 0.2) is 12.2 Å². The number of unbranched alkanes of at least 4 members (excludes halogenated alkanes) is 15. The average molecular weight is 1570 g/mol. The minimum Gasteiger partial charge on any atom is -0.462 e. The first-order chi connectivity index (χ1) is 53.7. The summed E-state index contributed by atoms with van der Waals surface area (Å²) < 4.78 is 68.5. The standard InChI is InChI=1S/C91H144O17P2/c1-5-9-13-17-21-25-29-33-37-41-42-46-48-52-56-60-64-68-72-76-89(94)102-82-87(108-91(96)78-74-70-66-62-58-54-50-45-40-36-32-28-24-20-16-12-8-4)84-106-110(99,100)104-80-85(92)79-103-109(97,98)105-83-86(107-90(95)77-73-69-65-61-57-53-49-44-39-35-31-27-23-19-15-11-7-3)81-101-88(93)75-71-67-63-59-55-51-47-43-38-34-30-26-22-18-14-10-6-2/h9,13,21-28,33-40,42,46-47,49-54,56,59,61-63,65-66,85-87,92H,5-8,10-12,14-20,29-32,41,43-45,48,55,57-58,60,64,67-84H2,1-4H3,(H,97,98)(H,99,100)/b13-9-,25-21-,26-22-,27-23-,28-24-,37-33-,38-34-,39-35-,40-36-,46-42-,51-47-,53-49-,54-50-,56-52-,63-59-,65-61-,66-62-/t85-,86+,87+/m0/s1. The number of ether oxygens (including phenoxy) is 4. The predicted octanol–water partition coefficient (Wildman–Crippen LogP) is 24.7. The lowest BCUT2D eigenvalue weighted by Gasteiger charge is -2.21. The van der Waals surface area contributed by atoms with Crippen molar-refractivity contribution in [2.45, 2.75) is 303 Å². The molecule has 2 unspecified atom stereocenters. The van der Waals surface area contributed by atoms with E-state index in [1.165, 1.54) is 57.8 Å². The third kappa shape index (κ3) is 79.7. The SMILES string of the molecule is CC/C=C\C/C=C\C/C=C\C/C=C\C/C=C\CCCCCC(=O)OC[C@H](COP(=O)(O)OC[C@@H](O)COP(=O)(O)OC[C@@H](COC(=O)CCC/C=C\C/C=C\C/C=C\C/C=C\CCCCC)OC(=O)CCC/C=C\C/C=C\C/C=C\C/C=C\CCCCC)OC(=O)CCC/C=C\C/C=C\C/C=C\C/C=C\CCCCC. The lowest BCUT2D eigenvalue weighted by atomic mass is 10.1. The van der Waals surface area contributed by atoms with E-state index in [1.807, 2.05) is 36.5 Å². The number of carbonyl (C=O) groups is 4. The normalized spacial score (nSPS) is 14.9. The van der Waals surface area contributed by atoms with E-state index < -0.39 is 97.5 Å². The van der Waals surface area contributed by atoms with Crippen LogP contribution in [0.25, 0.3) is 0 Å². The molecule has 0 aliphatic carbocycles. The smallest absolute Gasteiger partial charge is 0.462 e. The number of aliphatic hydroxyl groups excluding tert-OH is 1. The lowest BCUT2D eigenvalue weighted by Crippen LogP contribution is -2.30. The van der Waals surface area contributed by atoms with Crippen molar-refractivity contribution >= 4 is 39.5 Å². The first kappa shape index (κ1) is 104. The number of aliphatic hydroxyl groups is 1. The molecule has 3 N–H and O–H groups in total. The number of carbonyl (C=O) groups excluding carboxylic acids is 4. The molecule has 19 heteroatoms. The highest BCUT2D eigenvalue weighted by atomic mass is 31.2. The number of hydrogen-bond acceptors (Lipinski definition) is 15. The highest BCUT2D eigenvalue weighted by Crippen LogP contribution is 2.45. The van der Waals surface area contributed by atoms with Crippen LogP contribution < -0.4 is 0 Å². The molecule has 0 aromatic carbocycles. The van der Waals surface area contributed by atoms with Gasteiger partial charge in [0.2, 0.25) is 0 Å². The fraction of sp³-hybridized carbons (Fsp3) is 0.582. The first-order valence-electron chi connectivity index (χ1n) is 41.3. The van der Waals surface area contributed by atoms with E-state index in [9.17, 15) is 43.2 Å². The summed E-state index contributed by atoms with van der Waals surface area (Å²) in [5.74, 6) is -2.43. The minimum absolute atomic E-state index is 0.000376.